The Hall–Kier alpha value is -0.630. The number of hydrogen-bond donors (Lipinski definition) is 1. The molecule has 0 unspecified atom stereocenters. The second-order valence-corrected chi connectivity index (χ2v) is 2.86. The van der Waals surface area contributed by atoms with Gasteiger partial charge in [-0.15, -0.1) is 0 Å². The van der Waals surface area contributed by atoms with Crippen molar-refractivity contribution in [3.05, 3.63) is 11.6 Å². The van der Waals surface area contributed by atoms with Gasteiger partial charge in [0.25, 0.3) is 0 Å². The molecule has 2 heteroatoms. The first-order chi connectivity index (χ1) is 4.39. The summed E-state index contributed by atoms with van der Waals surface area (Å²) in [5, 5.41) is 9.20. The van der Waals surface area contributed by atoms with E-state index in [1.165, 1.54) is 13.8 Å². The van der Waals surface area contributed by atoms with Crippen LogP contribution in [0.2, 0.25) is 0 Å². The number of carbonyl (C=O) groups is 1. The average Bonchev–Trinajstić information content (AvgIpc) is 1.83. The molecule has 58 valence electrons. The molecular weight excluding hydrogens is 128 g/mol. The maximum Gasteiger partial charge on any atom is 0.189 e. The van der Waals surface area contributed by atoms with Crippen LogP contribution in [0.3, 0.4) is 0 Å². The molecular formula is C8H14O2. The third kappa shape index (κ3) is 2.31. The summed E-state index contributed by atoms with van der Waals surface area (Å²) in [6, 6.07) is 0. The number of allylic oxidation sites excluding steroid dienone is 1. The summed E-state index contributed by atoms with van der Waals surface area (Å²) in [4.78, 5) is 11.1. The van der Waals surface area contributed by atoms with Crippen molar-refractivity contribution >= 4 is 5.78 Å². The molecule has 0 aromatic heterocycles. The van der Waals surface area contributed by atoms with Crippen molar-refractivity contribution in [3.63, 3.8) is 0 Å². The minimum Gasteiger partial charge on any atom is -0.382 e. The van der Waals surface area contributed by atoms with Crippen molar-refractivity contribution < 1.29 is 9.90 Å². The van der Waals surface area contributed by atoms with Crippen molar-refractivity contribution in [3.8, 4) is 0 Å². The van der Waals surface area contributed by atoms with Crippen LogP contribution in [0.15, 0.2) is 11.6 Å². The first-order valence-electron chi connectivity index (χ1n) is 3.29. The van der Waals surface area contributed by atoms with Gasteiger partial charge in [0.1, 0.15) is 5.60 Å². The van der Waals surface area contributed by atoms with Gasteiger partial charge in [0.2, 0.25) is 0 Å². The number of hydrogen-bond acceptors (Lipinski definition) is 2. The number of rotatable bonds is 2. The second kappa shape index (κ2) is 2.97. The molecule has 1 N–H and O–H groups in total. The number of aliphatic hydroxyl groups is 1. The monoisotopic (exact) mass is 142 g/mol. The lowest BCUT2D eigenvalue weighted by Gasteiger charge is -2.14. The van der Waals surface area contributed by atoms with E-state index in [1.807, 2.05) is 0 Å². The van der Waals surface area contributed by atoms with Crippen LogP contribution in [-0.2, 0) is 4.79 Å². The van der Waals surface area contributed by atoms with Gasteiger partial charge in [0.15, 0.2) is 5.78 Å². The fourth-order valence-corrected chi connectivity index (χ4v) is 0.614. The lowest BCUT2D eigenvalue weighted by molar-refractivity contribution is -0.129. The first-order valence-corrected chi connectivity index (χ1v) is 3.29. The molecule has 0 heterocycles. The van der Waals surface area contributed by atoms with E-state index >= 15 is 0 Å². The summed E-state index contributed by atoms with van der Waals surface area (Å²) in [5.41, 5.74) is -0.621. The van der Waals surface area contributed by atoms with Crippen LogP contribution in [-0.4, -0.2) is 16.5 Å². The zero-order chi connectivity index (χ0) is 8.36. The van der Waals surface area contributed by atoms with E-state index in [-0.39, 0.29) is 5.78 Å². The predicted octanol–water partition coefficient (Wildman–Crippen LogP) is 1.29. The van der Waals surface area contributed by atoms with Crippen molar-refractivity contribution in [1.29, 1.82) is 0 Å². The molecule has 0 fully saturated rings. The van der Waals surface area contributed by atoms with Gasteiger partial charge in [-0.2, -0.15) is 0 Å². The summed E-state index contributed by atoms with van der Waals surface area (Å²) < 4.78 is 0. The van der Waals surface area contributed by atoms with Crippen molar-refractivity contribution in [1.82, 2.24) is 0 Å². The van der Waals surface area contributed by atoms with Crippen LogP contribution in [0.1, 0.15) is 27.7 Å². The van der Waals surface area contributed by atoms with Crippen LogP contribution >= 0.6 is 0 Å². The molecule has 0 bridgehead atoms. The predicted molar refractivity (Wildman–Crippen MR) is 40.7 cm³/mol. The largest absolute Gasteiger partial charge is 0.382 e. The maximum absolute atomic E-state index is 11.1. The molecule has 0 aliphatic carbocycles. The molecule has 0 saturated carbocycles. The molecule has 0 atom stereocenters. The normalized spacial score (nSPS) is 13.5. The highest BCUT2D eigenvalue weighted by Gasteiger charge is 2.23. The molecule has 10 heavy (non-hydrogen) atoms. The lowest BCUT2D eigenvalue weighted by Crippen LogP contribution is -2.31. The first kappa shape index (κ1) is 9.37. The highest BCUT2D eigenvalue weighted by molar-refractivity contribution is 6.00. The molecule has 0 spiro atoms. The Morgan fingerprint density at radius 3 is 2.00 bits per heavy atom. The van der Waals surface area contributed by atoms with Gasteiger partial charge in [-0.05, 0) is 33.3 Å². The van der Waals surface area contributed by atoms with E-state index in [0.717, 1.165) is 0 Å². The molecule has 0 rings (SSSR count). The number of carbonyl (C=O) groups excluding carboxylic acids is 1. The van der Waals surface area contributed by atoms with Crippen LogP contribution in [0.4, 0.5) is 0 Å². The Morgan fingerprint density at radius 2 is 1.90 bits per heavy atom. The molecule has 0 radical (unpaired) electrons. The van der Waals surface area contributed by atoms with Crippen molar-refractivity contribution in [2.24, 2.45) is 0 Å². The van der Waals surface area contributed by atoms with Crippen molar-refractivity contribution in [2.45, 2.75) is 33.3 Å². The van der Waals surface area contributed by atoms with E-state index in [1.54, 1.807) is 19.9 Å². The fraction of sp³-hybridized carbons (Fsp3) is 0.625. The summed E-state index contributed by atoms with van der Waals surface area (Å²) in [6.07, 6.45) is 1.69. The summed E-state index contributed by atoms with van der Waals surface area (Å²) in [6.45, 7) is 6.45. The highest BCUT2D eigenvalue weighted by Crippen LogP contribution is 2.09. The van der Waals surface area contributed by atoms with Crippen LogP contribution in [0, 0.1) is 0 Å². The van der Waals surface area contributed by atoms with Crippen LogP contribution in [0.25, 0.3) is 0 Å². The zero-order valence-electron chi connectivity index (χ0n) is 6.93. The van der Waals surface area contributed by atoms with Gasteiger partial charge in [-0.25, -0.2) is 0 Å². The van der Waals surface area contributed by atoms with Gasteiger partial charge in [0, 0.05) is 0 Å². The smallest absolute Gasteiger partial charge is 0.189 e. The average molecular weight is 142 g/mol. The molecule has 0 aliphatic rings. The molecule has 0 aromatic rings. The van der Waals surface area contributed by atoms with E-state index in [0.29, 0.717) is 5.57 Å². The second-order valence-electron chi connectivity index (χ2n) is 2.86. The van der Waals surface area contributed by atoms with Gasteiger partial charge in [0.05, 0.1) is 0 Å². The van der Waals surface area contributed by atoms with E-state index in [9.17, 15) is 9.90 Å². The molecule has 0 saturated heterocycles. The summed E-state index contributed by atoms with van der Waals surface area (Å²) in [5.74, 6) is -0.213. The Bertz CT molecular complexity index is 161. The van der Waals surface area contributed by atoms with E-state index in [4.69, 9.17) is 0 Å². The molecule has 2 nitrogen and oxygen atoms in total. The fourth-order valence-electron chi connectivity index (χ4n) is 0.614. The Balaban J connectivity index is 4.39. The van der Waals surface area contributed by atoms with Gasteiger partial charge < -0.3 is 5.11 Å². The van der Waals surface area contributed by atoms with Gasteiger partial charge >= 0.3 is 0 Å². The number of Topliss-reactive ketones (excluding diaryl/α,β-unsaturated/α-hetero) is 1. The molecule has 0 amide bonds. The number of ketones is 1. The van der Waals surface area contributed by atoms with Crippen molar-refractivity contribution in [2.75, 3.05) is 0 Å². The third-order valence-corrected chi connectivity index (χ3v) is 1.35. The lowest BCUT2D eigenvalue weighted by atomic mass is 9.98. The minimum absolute atomic E-state index is 0.213. The maximum atomic E-state index is 11.1. The quantitative estimate of drug-likeness (QED) is 0.590. The topological polar surface area (TPSA) is 37.3 Å². The summed E-state index contributed by atoms with van der Waals surface area (Å²) >= 11 is 0. The van der Waals surface area contributed by atoms with Gasteiger partial charge in [-0.1, -0.05) is 6.08 Å². The minimum atomic E-state index is -1.23. The van der Waals surface area contributed by atoms with E-state index < -0.39 is 5.60 Å². The zero-order valence-corrected chi connectivity index (χ0v) is 6.93. The SMILES string of the molecule is C/C=C(\C)C(=O)C(C)(C)O. The highest BCUT2D eigenvalue weighted by atomic mass is 16.3. The molecule has 0 aliphatic heterocycles. The Morgan fingerprint density at radius 1 is 1.50 bits per heavy atom. The summed E-state index contributed by atoms with van der Waals surface area (Å²) in [7, 11) is 0. The standard InChI is InChI=1S/C8H14O2/c1-5-6(2)7(9)8(3,4)10/h5,10H,1-4H3/b6-5+. The Kier molecular flexibility index (Phi) is 2.78. The molecule has 0 aromatic carbocycles. The van der Waals surface area contributed by atoms with Gasteiger partial charge in [-0.3, -0.25) is 4.79 Å². The third-order valence-electron chi connectivity index (χ3n) is 1.35. The Labute approximate surface area is 61.6 Å². The van der Waals surface area contributed by atoms with E-state index in [2.05, 4.69) is 0 Å². The van der Waals surface area contributed by atoms with Crippen LogP contribution in [0.5, 0.6) is 0 Å². The van der Waals surface area contributed by atoms with Crippen LogP contribution < -0.4 is 0 Å².